The van der Waals surface area contributed by atoms with E-state index < -0.39 is 5.97 Å². The molecule has 1 fully saturated rings. The molecule has 0 bridgehead atoms. The van der Waals surface area contributed by atoms with E-state index in [2.05, 4.69) is 30.3 Å². The fraction of sp³-hybridized carbons (Fsp3) is 0.273. The second-order valence-electron chi connectivity index (χ2n) is 7.24. The number of carboxylic acids is 1. The Bertz CT molecular complexity index is 1040. The van der Waals surface area contributed by atoms with E-state index in [0.717, 1.165) is 6.42 Å². The number of hydrogen-bond acceptors (Lipinski definition) is 3. The molecule has 0 saturated heterocycles. The molecular formula is C22H21NO4. The van der Waals surface area contributed by atoms with Crippen LogP contribution in [0.1, 0.15) is 39.8 Å². The quantitative estimate of drug-likeness (QED) is 0.737. The van der Waals surface area contributed by atoms with Crippen LogP contribution in [-0.2, 0) is 11.3 Å². The zero-order chi connectivity index (χ0) is 19.1. The number of carbonyl (C=O) groups excluding carboxylic acids is 1. The smallest absolute Gasteiger partial charge is 0.339 e. The van der Waals surface area contributed by atoms with E-state index in [1.54, 1.807) is 18.9 Å². The van der Waals surface area contributed by atoms with Gasteiger partial charge in [0.1, 0.15) is 17.1 Å². The lowest BCUT2D eigenvalue weighted by Crippen LogP contribution is -2.27. The molecular weight excluding hydrogens is 342 g/mol. The van der Waals surface area contributed by atoms with Crippen LogP contribution in [0.5, 0.6) is 0 Å². The Kier molecular flexibility index (Phi) is 4.22. The van der Waals surface area contributed by atoms with Gasteiger partial charge in [-0.15, -0.1) is 0 Å². The third-order valence-corrected chi connectivity index (χ3v) is 5.28. The van der Waals surface area contributed by atoms with Gasteiger partial charge < -0.3 is 14.4 Å². The third-order valence-electron chi connectivity index (χ3n) is 5.28. The van der Waals surface area contributed by atoms with Crippen LogP contribution in [0.25, 0.3) is 10.8 Å². The highest BCUT2D eigenvalue weighted by atomic mass is 16.4. The van der Waals surface area contributed by atoms with Crippen molar-refractivity contribution in [2.45, 2.75) is 25.8 Å². The van der Waals surface area contributed by atoms with Crippen molar-refractivity contribution < 1.29 is 19.1 Å². The van der Waals surface area contributed by atoms with Crippen LogP contribution >= 0.6 is 0 Å². The zero-order valence-corrected chi connectivity index (χ0v) is 15.3. The lowest BCUT2D eigenvalue weighted by Gasteiger charge is -2.16. The SMILES string of the molecule is Cc1oc(CN(C)C(=O)C2CC2c2ccc3ccccc3c2)cc1C(=O)O. The maximum absolute atomic E-state index is 12.8. The van der Waals surface area contributed by atoms with Gasteiger partial charge in [0.15, 0.2) is 0 Å². The summed E-state index contributed by atoms with van der Waals surface area (Å²) in [4.78, 5) is 25.5. The molecule has 1 aromatic heterocycles. The van der Waals surface area contributed by atoms with Crippen molar-refractivity contribution in [2.75, 3.05) is 7.05 Å². The summed E-state index contributed by atoms with van der Waals surface area (Å²) in [6.07, 6.45) is 0.846. The third kappa shape index (κ3) is 3.33. The molecule has 1 aliphatic carbocycles. The van der Waals surface area contributed by atoms with Crippen LogP contribution in [0.15, 0.2) is 52.9 Å². The standard InChI is InChI=1S/C22H21NO4/c1-13-18(22(25)26)10-17(27-13)12-23(2)21(24)20-11-19(20)16-8-7-14-5-3-4-6-15(14)9-16/h3-10,19-20H,11-12H2,1-2H3,(H,25,26). The maximum atomic E-state index is 12.8. The van der Waals surface area contributed by atoms with E-state index in [-0.39, 0.29) is 29.9 Å². The van der Waals surface area contributed by atoms with E-state index in [4.69, 9.17) is 9.52 Å². The summed E-state index contributed by atoms with van der Waals surface area (Å²) in [5.41, 5.74) is 1.34. The fourth-order valence-corrected chi connectivity index (χ4v) is 3.70. The summed E-state index contributed by atoms with van der Waals surface area (Å²) >= 11 is 0. The maximum Gasteiger partial charge on any atom is 0.339 e. The Balaban J connectivity index is 1.44. The summed E-state index contributed by atoms with van der Waals surface area (Å²) in [5, 5.41) is 11.5. The number of aryl methyl sites for hydroxylation is 1. The first-order valence-corrected chi connectivity index (χ1v) is 9.00. The zero-order valence-electron chi connectivity index (χ0n) is 15.3. The predicted octanol–water partition coefficient (Wildman–Crippen LogP) is 4.20. The molecule has 138 valence electrons. The summed E-state index contributed by atoms with van der Waals surface area (Å²) in [6, 6.07) is 16.1. The Hall–Kier alpha value is -3.08. The highest BCUT2D eigenvalue weighted by Gasteiger charge is 2.45. The van der Waals surface area contributed by atoms with Crippen molar-refractivity contribution in [2.24, 2.45) is 5.92 Å². The van der Waals surface area contributed by atoms with Gasteiger partial charge in [-0.1, -0.05) is 42.5 Å². The van der Waals surface area contributed by atoms with Crippen molar-refractivity contribution in [1.82, 2.24) is 4.90 Å². The van der Waals surface area contributed by atoms with E-state index in [9.17, 15) is 9.59 Å². The van der Waals surface area contributed by atoms with Crippen LogP contribution in [0.2, 0.25) is 0 Å². The van der Waals surface area contributed by atoms with Crippen molar-refractivity contribution in [3.63, 3.8) is 0 Å². The molecule has 1 N–H and O–H groups in total. The number of hydrogen-bond donors (Lipinski definition) is 1. The normalized spacial score (nSPS) is 18.4. The minimum absolute atomic E-state index is 0.0221. The number of furan rings is 1. The molecule has 5 heteroatoms. The summed E-state index contributed by atoms with van der Waals surface area (Å²) in [5.74, 6) is 0.125. The van der Waals surface area contributed by atoms with Gasteiger partial charge in [-0.2, -0.15) is 0 Å². The molecule has 2 aromatic carbocycles. The number of carbonyl (C=O) groups is 2. The van der Waals surface area contributed by atoms with Gasteiger partial charge in [0.05, 0.1) is 6.54 Å². The van der Waals surface area contributed by atoms with Crippen molar-refractivity contribution in [3.05, 3.63) is 71.2 Å². The summed E-state index contributed by atoms with van der Waals surface area (Å²) in [6.45, 7) is 1.89. The second kappa shape index (κ2) is 6.58. The van der Waals surface area contributed by atoms with Gasteiger partial charge in [-0.25, -0.2) is 4.79 Å². The predicted molar refractivity (Wildman–Crippen MR) is 102 cm³/mol. The molecule has 1 aliphatic rings. The molecule has 5 nitrogen and oxygen atoms in total. The Morgan fingerprint density at radius 1 is 1.15 bits per heavy atom. The van der Waals surface area contributed by atoms with Gasteiger partial charge in [0, 0.05) is 13.0 Å². The molecule has 1 heterocycles. The Labute approximate surface area is 157 Å². The number of amides is 1. The van der Waals surface area contributed by atoms with Gasteiger partial charge >= 0.3 is 5.97 Å². The van der Waals surface area contributed by atoms with E-state index >= 15 is 0 Å². The Morgan fingerprint density at radius 2 is 1.89 bits per heavy atom. The fourth-order valence-electron chi connectivity index (χ4n) is 3.70. The lowest BCUT2D eigenvalue weighted by atomic mass is 10.0. The van der Waals surface area contributed by atoms with E-state index in [0.29, 0.717) is 11.5 Å². The first-order valence-electron chi connectivity index (χ1n) is 9.00. The molecule has 0 radical (unpaired) electrons. The molecule has 1 saturated carbocycles. The molecule has 2 unspecified atom stereocenters. The minimum atomic E-state index is -1.02. The molecule has 0 aliphatic heterocycles. The van der Waals surface area contributed by atoms with Crippen molar-refractivity contribution in [1.29, 1.82) is 0 Å². The largest absolute Gasteiger partial charge is 0.478 e. The van der Waals surface area contributed by atoms with Crippen LogP contribution in [0.3, 0.4) is 0 Å². The monoisotopic (exact) mass is 363 g/mol. The number of benzene rings is 2. The first kappa shape index (κ1) is 17.3. The summed E-state index contributed by atoms with van der Waals surface area (Å²) < 4.78 is 5.48. The molecule has 3 aromatic rings. The lowest BCUT2D eigenvalue weighted by molar-refractivity contribution is -0.132. The molecule has 1 amide bonds. The van der Waals surface area contributed by atoms with Crippen molar-refractivity contribution >= 4 is 22.6 Å². The molecule has 2 atom stereocenters. The molecule has 4 rings (SSSR count). The number of aromatic carboxylic acids is 1. The number of rotatable bonds is 5. The highest BCUT2D eigenvalue weighted by molar-refractivity contribution is 5.89. The first-order chi connectivity index (χ1) is 12.9. The van der Waals surface area contributed by atoms with Gasteiger partial charge in [0.25, 0.3) is 0 Å². The van der Waals surface area contributed by atoms with Crippen LogP contribution in [0.4, 0.5) is 0 Å². The van der Waals surface area contributed by atoms with Crippen LogP contribution in [0, 0.1) is 12.8 Å². The average molecular weight is 363 g/mol. The molecule has 0 spiro atoms. The Morgan fingerprint density at radius 3 is 2.59 bits per heavy atom. The number of carboxylic acid groups (broad SMARTS) is 1. The van der Waals surface area contributed by atoms with Gasteiger partial charge in [0.2, 0.25) is 5.91 Å². The highest BCUT2D eigenvalue weighted by Crippen LogP contribution is 2.49. The number of nitrogens with zero attached hydrogens (tertiary/aromatic N) is 1. The van der Waals surface area contributed by atoms with Gasteiger partial charge in [-0.3, -0.25) is 4.79 Å². The minimum Gasteiger partial charge on any atom is -0.478 e. The van der Waals surface area contributed by atoms with Crippen LogP contribution < -0.4 is 0 Å². The molecule has 27 heavy (non-hydrogen) atoms. The number of fused-ring (bicyclic) bond motifs is 1. The van der Waals surface area contributed by atoms with E-state index in [1.165, 1.54) is 22.4 Å². The topological polar surface area (TPSA) is 70.8 Å². The van der Waals surface area contributed by atoms with Crippen molar-refractivity contribution in [3.8, 4) is 0 Å². The average Bonchev–Trinajstić information content (AvgIpc) is 3.37. The van der Waals surface area contributed by atoms with Gasteiger partial charge in [-0.05, 0) is 41.7 Å². The second-order valence-corrected chi connectivity index (χ2v) is 7.24. The van der Waals surface area contributed by atoms with Crippen LogP contribution in [-0.4, -0.2) is 28.9 Å². The summed E-state index contributed by atoms with van der Waals surface area (Å²) in [7, 11) is 1.73. The van der Waals surface area contributed by atoms with E-state index in [1.807, 2.05) is 12.1 Å².